The van der Waals surface area contributed by atoms with Gasteiger partial charge in [0.15, 0.2) is 11.6 Å². The Morgan fingerprint density at radius 3 is 2.79 bits per heavy atom. The number of carboxylic acid groups (broad SMARTS) is 1. The van der Waals surface area contributed by atoms with Crippen LogP contribution >= 0.6 is 22.6 Å². The van der Waals surface area contributed by atoms with Crippen molar-refractivity contribution in [1.29, 1.82) is 0 Å². The number of rotatable bonds is 4. The zero-order valence-electron chi connectivity index (χ0n) is 12.5. The summed E-state index contributed by atoms with van der Waals surface area (Å²) in [5.41, 5.74) is 6.21. The van der Waals surface area contributed by atoms with Crippen molar-refractivity contribution in [3.8, 4) is 17.3 Å². The van der Waals surface area contributed by atoms with Crippen LogP contribution in [-0.2, 0) is 0 Å². The van der Waals surface area contributed by atoms with Gasteiger partial charge in [0.25, 0.3) is 0 Å². The number of benzene rings is 1. The average Bonchev–Trinajstić information content (AvgIpc) is 2.90. The summed E-state index contributed by atoms with van der Waals surface area (Å²) in [6, 6.07) is 9.96. The number of hydrogen-bond acceptors (Lipinski definition) is 6. The summed E-state index contributed by atoms with van der Waals surface area (Å²) < 4.78 is 2.12. The minimum absolute atomic E-state index is 0.0430. The molecule has 24 heavy (non-hydrogen) atoms. The summed E-state index contributed by atoms with van der Waals surface area (Å²) in [6.07, 6.45) is 0. The van der Waals surface area contributed by atoms with Gasteiger partial charge in [-0.15, -0.1) is 14.9 Å². The number of aromatic carboxylic acids is 1. The molecule has 0 saturated carbocycles. The molecule has 2 aromatic heterocycles. The summed E-state index contributed by atoms with van der Waals surface area (Å²) in [6.45, 7) is 1.69. The Morgan fingerprint density at radius 1 is 1.29 bits per heavy atom. The lowest BCUT2D eigenvalue weighted by Crippen LogP contribution is -2.13. The fourth-order valence-electron chi connectivity index (χ4n) is 2.04. The quantitative estimate of drug-likeness (QED) is 0.602. The van der Waals surface area contributed by atoms with E-state index in [9.17, 15) is 9.90 Å². The highest BCUT2D eigenvalue weighted by atomic mass is 127. The van der Waals surface area contributed by atoms with Crippen LogP contribution in [0, 0.1) is 10.5 Å². The summed E-state index contributed by atoms with van der Waals surface area (Å²) in [5.74, 6) is 0.202. The minimum atomic E-state index is -1.09. The molecule has 122 valence electrons. The molecule has 0 fully saturated rings. The van der Waals surface area contributed by atoms with Gasteiger partial charge in [0.2, 0.25) is 5.82 Å². The van der Waals surface area contributed by atoms with Crippen LogP contribution in [0.1, 0.15) is 16.2 Å². The van der Waals surface area contributed by atoms with Gasteiger partial charge >= 0.3 is 5.97 Å². The highest BCUT2D eigenvalue weighted by Gasteiger charge is 2.18. The third-order valence-electron chi connectivity index (χ3n) is 3.14. The second-order valence-electron chi connectivity index (χ2n) is 4.85. The number of nitrogen functional groups attached to an aromatic ring is 1. The molecule has 0 unspecified atom stereocenters. The van der Waals surface area contributed by atoms with Gasteiger partial charge in [-0.3, -0.25) is 0 Å². The lowest BCUT2D eigenvalue weighted by molar-refractivity contribution is 0.0688. The zero-order valence-corrected chi connectivity index (χ0v) is 14.6. The van der Waals surface area contributed by atoms with Crippen LogP contribution in [0.25, 0.3) is 11.5 Å². The van der Waals surface area contributed by atoms with Gasteiger partial charge in [-0.2, -0.15) is 0 Å². The lowest BCUT2D eigenvalue weighted by Gasteiger charge is -2.12. The SMILES string of the molecule is Cc1nnc(-c2cccc(N)n2)n1Oc1ccc(I)cc1C(=O)O. The fourth-order valence-corrected chi connectivity index (χ4v) is 2.53. The maximum Gasteiger partial charge on any atom is 0.339 e. The summed E-state index contributed by atoms with van der Waals surface area (Å²) >= 11 is 2.04. The standard InChI is InChI=1S/C15H12IN5O3/c1-8-19-20-14(11-3-2-4-13(17)18-11)21(8)24-12-6-5-9(16)7-10(12)15(22)23/h2-7H,1H3,(H2,17,18)(H,22,23). The van der Waals surface area contributed by atoms with Crippen molar-refractivity contribution in [2.24, 2.45) is 0 Å². The number of halogens is 1. The van der Waals surface area contributed by atoms with Crippen molar-refractivity contribution in [3.63, 3.8) is 0 Å². The van der Waals surface area contributed by atoms with Gasteiger partial charge in [-0.1, -0.05) is 6.07 Å². The molecule has 0 atom stereocenters. The Morgan fingerprint density at radius 2 is 2.08 bits per heavy atom. The van der Waals surface area contributed by atoms with Gasteiger partial charge in [-0.05, 0) is 59.8 Å². The molecule has 2 heterocycles. The van der Waals surface area contributed by atoms with Crippen molar-refractivity contribution in [2.75, 3.05) is 5.73 Å². The van der Waals surface area contributed by atoms with Crippen molar-refractivity contribution < 1.29 is 14.7 Å². The minimum Gasteiger partial charge on any atom is -0.478 e. The van der Waals surface area contributed by atoms with Gasteiger partial charge in [0.1, 0.15) is 17.1 Å². The number of nitrogens with two attached hydrogens (primary N) is 1. The number of hydrogen-bond donors (Lipinski definition) is 2. The van der Waals surface area contributed by atoms with E-state index in [1.807, 2.05) is 22.6 Å². The number of carbonyl (C=O) groups is 1. The zero-order chi connectivity index (χ0) is 17.3. The second kappa shape index (κ2) is 6.43. The van der Waals surface area contributed by atoms with E-state index in [1.165, 1.54) is 10.8 Å². The van der Waals surface area contributed by atoms with Crippen LogP contribution in [0.15, 0.2) is 36.4 Å². The Balaban J connectivity index is 2.06. The van der Waals surface area contributed by atoms with Crippen molar-refractivity contribution >= 4 is 34.4 Å². The predicted molar refractivity (Wildman–Crippen MR) is 94.5 cm³/mol. The number of pyridine rings is 1. The van der Waals surface area contributed by atoms with Gasteiger partial charge in [-0.25, -0.2) is 9.78 Å². The Hall–Kier alpha value is -2.69. The first kappa shape index (κ1) is 16.2. The van der Waals surface area contributed by atoms with E-state index in [2.05, 4.69) is 15.2 Å². The van der Waals surface area contributed by atoms with Crippen LogP contribution in [0.4, 0.5) is 5.82 Å². The number of anilines is 1. The highest BCUT2D eigenvalue weighted by molar-refractivity contribution is 14.1. The van der Waals surface area contributed by atoms with Crippen molar-refractivity contribution in [2.45, 2.75) is 6.92 Å². The molecule has 3 N–H and O–H groups in total. The molecular formula is C15H12IN5O3. The molecular weight excluding hydrogens is 425 g/mol. The maximum absolute atomic E-state index is 11.4. The molecule has 0 aliphatic rings. The molecule has 8 nitrogen and oxygen atoms in total. The van der Waals surface area contributed by atoms with Crippen molar-refractivity contribution in [3.05, 3.63) is 51.4 Å². The Bertz CT molecular complexity index is 925. The van der Waals surface area contributed by atoms with E-state index in [0.29, 0.717) is 23.2 Å². The van der Waals surface area contributed by atoms with Gasteiger partial charge in [0.05, 0.1) is 0 Å². The molecule has 0 saturated heterocycles. The summed E-state index contributed by atoms with van der Waals surface area (Å²) in [7, 11) is 0. The van der Waals surface area contributed by atoms with Crippen LogP contribution in [0.3, 0.4) is 0 Å². The molecule has 1 aromatic carbocycles. The number of carboxylic acids is 1. The molecule has 0 spiro atoms. The topological polar surface area (TPSA) is 116 Å². The van der Waals surface area contributed by atoms with E-state index in [-0.39, 0.29) is 11.3 Å². The maximum atomic E-state index is 11.4. The first-order chi connectivity index (χ1) is 11.5. The predicted octanol–water partition coefficient (Wildman–Crippen LogP) is 2.38. The van der Waals surface area contributed by atoms with E-state index in [1.54, 1.807) is 37.3 Å². The van der Waals surface area contributed by atoms with E-state index in [4.69, 9.17) is 10.6 Å². The first-order valence-electron chi connectivity index (χ1n) is 6.82. The number of aryl methyl sites for hydroxylation is 1. The Labute approximate surface area is 150 Å². The molecule has 0 amide bonds. The van der Waals surface area contributed by atoms with Crippen LogP contribution in [0.2, 0.25) is 0 Å². The van der Waals surface area contributed by atoms with Crippen LogP contribution < -0.4 is 10.6 Å². The van der Waals surface area contributed by atoms with E-state index >= 15 is 0 Å². The first-order valence-corrected chi connectivity index (χ1v) is 7.89. The lowest BCUT2D eigenvalue weighted by atomic mass is 10.2. The van der Waals surface area contributed by atoms with Crippen LogP contribution in [0.5, 0.6) is 5.75 Å². The fraction of sp³-hybridized carbons (Fsp3) is 0.0667. The average molecular weight is 437 g/mol. The molecule has 0 aliphatic heterocycles. The van der Waals surface area contributed by atoms with Gasteiger partial charge in [0, 0.05) is 3.57 Å². The molecule has 0 bridgehead atoms. The van der Waals surface area contributed by atoms with Crippen LogP contribution in [-0.4, -0.2) is 31.0 Å². The van der Waals surface area contributed by atoms with Crippen molar-refractivity contribution in [1.82, 2.24) is 19.9 Å². The molecule has 3 rings (SSSR count). The molecule has 0 aliphatic carbocycles. The molecule has 0 radical (unpaired) electrons. The number of aromatic nitrogens is 4. The Kier molecular flexibility index (Phi) is 4.34. The molecule has 3 aromatic rings. The number of nitrogens with zero attached hydrogens (tertiary/aromatic N) is 4. The monoisotopic (exact) mass is 437 g/mol. The smallest absolute Gasteiger partial charge is 0.339 e. The highest BCUT2D eigenvalue weighted by Crippen LogP contribution is 2.24. The van der Waals surface area contributed by atoms with E-state index in [0.717, 1.165) is 3.57 Å². The summed E-state index contributed by atoms with van der Waals surface area (Å²) in [4.78, 5) is 21.4. The third-order valence-corrected chi connectivity index (χ3v) is 3.81. The normalized spacial score (nSPS) is 10.6. The summed E-state index contributed by atoms with van der Waals surface area (Å²) in [5, 5.41) is 17.4. The third kappa shape index (κ3) is 3.15. The van der Waals surface area contributed by atoms with E-state index < -0.39 is 5.97 Å². The molecule has 9 heteroatoms. The second-order valence-corrected chi connectivity index (χ2v) is 6.10. The largest absolute Gasteiger partial charge is 0.478 e. The van der Waals surface area contributed by atoms with Gasteiger partial charge < -0.3 is 15.7 Å².